The van der Waals surface area contributed by atoms with Gasteiger partial charge in [0.25, 0.3) is 5.69 Å². The lowest BCUT2D eigenvalue weighted by Gasteiger charge is -1.99. The van der Waals surface area contributed by atoms with Gasteiger partial charge in [0.2, 0.25) is 0 Å². The standard InChI is InChI=1S/C11H11N3O5/c1-6(15)11(7(2)16)13-12-9-5-8(14(18)19)3-4-10(9)17/h3-5,15,17H,1-2H3. The predicted molar refractivity (Wildman–Crippen MR) is 65.3 cm³/mol. The molecule has 0 spiro atoms. The smallest absolute Gasteiger partial charge is 0.271 e. The highest BCUT2D eigenvalue weighted by molar-refractivity contribution is 5.93. The predicted octanol–water partition coefficient (Wildman–Crippen LogP) is 2.76. The Balaban J connectivity index is 3.18. The van der Waals surface area contributed by atoms with Crippen LogP contribution in [-0.2, 0) is 4.79 Å². The highest BCUT2D eigenvalue weighted by atomic mass is 16.6. The van der Waals surface area contributed by atoms with Crippen LogP contribution >= 0.6 is 0 Å². The number of nitrogens with zero attached hydrogens (tertiary/aromatic N) is 3. The fourth-order valence-electron chi connectivity index (χ4n) is 1.21. The molecule has 0 bridgehead atoms. The quantitative estimate of drug-likeness (QED) is 0.284. The van der Waals surface area contributed by atoms with Gasteiger partial charge >= 0.3 is 0 Å². The van der Waals surface area contributed by atoms with Crippen LogP contribution in [0.15, 0.2) is 39.9 Å². The summed E-state index contributed by atoms with van der Waals surface area (Å²) in [5, 5.41) is 36.2. The highest BCUT2D eigenvalue weighted by Gasteiger charge is 2.11. The molecule has 0 aliphatic rings. The highest BCUT2D eigenvalue weighted by Crippen LogP contribution is 2.31. The normalized spacial score (nSPS) is 12.3. The molecule has 8 nitrogen and oxygen atoms in total. The first-order chi connectivity index (χ1) is 8.82. The summed E-state index contributed by atoms with van der Waals surface area (Å²) in [6.45, 7) is 2.43. The number of benzene rings is 1. The second-order valence-electron chi connectivity index (χ2n) is 3.62. The number of allylic oxidation sites excluding steroid dienone is 2. The lowest BCUT2D eigenvalue weighted by molar-refractivity contribution is -0.384. The molecular formula is C11H11N3O5. The molecule has 1 rings (SSSR count). The van der Waals surface area contributed by atoms with E-state index >= 15 is 0 Å². The summed E-state index contributed by atoms with van der Waals surface area (Å²) in [6, 6.07) is 3.20. The average molecular weight is 265 g/mol. The third kappa shape index (κ3) is 3.60. The van der Waals surface area contributed by atoms with Crippen LogP contribution in [0, 0.1) is 10.1 Å². The summed E-state index contributed by atoms with van der Waals surface area (Å²) in [5.41, 5.74) is -0.735. The minimum Gasteiger partial charge on any atom is -0.510 e. The monoisotopic (exact) mass is 265 g/mol. The molecule has 0 aliphatic carbocycles. The van der Waals surface area contributed by atoms with Crippen molar-refractivity contribution in [1.82, 2.24) is 0 Å². The number of aromatic hydroxyl groups is 1. The summed E-state index contributed by atoms with van der Waals surface area (Å²) < 4.78 is 0. The number of carbonyl (C=O) groups is 1. The minimum atomic E-state index is -0.655. The van der Waals surface area contributed by atoms with Gasteiger partial charge in [0.15, 0.2) is 11.5 Å². The van der Waals surface area contributed by atoms with Crippen molar-refractivity contribution in [3.05, 3.63) is 39.8 Å². The summed E-state index contributed by atoms with van der Waals surface area (Å²) in [7, 11) is 0. The van der Waals surface area contributed by atoms with E-state index in [9.17, 15) is 25.1 Å². The van der Waals surface area contributed by atoms with Crippen LogP contribution in [0.25, 0.3) is 0 Å². The Bertz CT molecular complexity index is 588. The van der Waals surface area contributed by atoms with Crippen LogP contribution in [0.3, 0.4) is 0 Å². The maximum absolute atomic E-state index is 11.1. The Hall–Kier alpha value is -2.77. The molecular weight excluding hydrogens is 254 g/mol. The zero-order valence-corrected chi connectivity index (χ0v) is 10.2. The zero-order valence-electron chi connectivity index (χ0n) is 10.2. The number of carbonyl (C=O) groups excluding carboxylic acids is 1. The number of aliphatic hydroxyl groups excluding tert-OH is 1. The van der Waals surface area contributed by atoms with Crippen molar-refractivity contribution >= 4 is 17.2 Å². The van der Waals surface area contributed by atoms with Crippen molar-refractivity contribution < 1.29 is 19.9 Å². The SMILES string of the molecule is CC(=O)C(N=Nc1cc([N+](=O)[O-])ccc1O)=C(C)O. The third-order valence-electron chi connectivity index (χ3n) is 2.10. The van der Waals surface area contributed by atoms with Gasteiger partial charge in [-0.25, -0.2) is 0 Å². The molecule has 2 N–H and O–H groups in total. The summed E-state index contributed by atoms with van der Waals surface area (Å²) in [4.78, 5) is 21.0. The largest absolute Gasteiger partial charge is 0.510 e. The summed E-state index contributed by atoms with van der Waals surface area (Å²) >= 11 is 0. The van der Waals surface area contributed by atoms with Crippen molar-refractivity contribution in [3.8, 4) is 5.75 Å². The lowest BCUT2D eigenvalue weighted by Crippen LogP contribution is -1.96. The van der Waals surface area contributed by atoms with Crippen LogP contribution in [0.5, 0.6) is 5.75 Å². The Morgan fingerprint density at radius 3 is 2.47 bits per heavy atom. The van der Waals surface area contributed by atoms with E-state index in [1.165, 1.54) is 13.8 Å². The maximum atomic E-state index is 11.1. The summed E-state index contributed by atoms with van der Waals surface area (Å²) in [5.74, 6) is -1.18. The van der Waals surface area contributed by atoms with Crippen LogP contribution in [0.4, 0.5) is 11.4 Å². The van der Waals surface area contributed by atoms with Gasteiger partial charge in [0.05, 0.1) is 4.92 Å². The number of hydrogen-bond acceptors (Lipinski definition) is 7. The van der Waals surface area contributed by atoms with Crippen molar-refractivity contribution in [2.45, 2.75) is 13.8 Å². The van der Waals surface area contributed by atoms with Crippen LogP contribution < -0.4 is 0 Å². The first-order valence-electron chi connectivity index (χ1n) is 5.13. The van der Waals surface area contributed by atoms with Crippen molar-refractivity contribution in [1.29, 1.82) is 0 Å². The van der Waals surface area contributed by atoms with E-state index in [4.69, 9.17) is 0 Å². The molecule has 0 aromatic heterocycles. The van der Waals surface area contributed by atoms with Gasteiger partial charge < -0.3 is 10.2 Å². The van der Waals surface area contributed by atoms with E-state index in [-0.39, 0.29) is 28.6 Å². The fraction of sp³-hybridized carbons (Fsp3) is 0.182. The molecule has 0 fully saturated rings. The average Bonchev–Trinajstić information content (AvgIpc) is 2.30. The number of nitro groups is 1. The van der Waals surface area contributed by atoms with Gasteiger partial charge in [0.1, 0.15) is 17.2 Å². The number of non-ortho nitro benzene ring substituents is 1. The van der Waals surface area contributed by atoms with E-state index < -0.39 is 10.7 Å². The van der Waals surface area contributed by atoms with E-state index in [1.807, 2.05) is 0 Å². The van der Waals surface area contributed by atoms with Gasteiger partial charge in [-0.1, -0.05) is 0 Å². The second kappa shape index (κ2) is 5.71. The summed E-state index contributed by atoms with van der Waals surface area (Å²) in [6.07, 6.45) is 0. The van der Waals surface area contributed by atoms with Crippen LogP contribution in [0.1, 0.15) is 13.8 Å². The molecule has 19 heavy (non-hydrogen) atoms. The van der Waals surface area contributed by atoms with Crippen molar-refractivity contribution in [2.24, 2.45) is 10.2 Å². The molecule has 8 heteroatoms. The topological polar surface area (TPSA) is 125 Å². The van der Waals surface area contributed by atoms with E-state index in [1.54, 1.807) is 0 Å². The van der Waals surface area contributed by atoms with Crippen LogP contribution in [-0.4, -0.2) is 20.9 Å². The second-order valence-corrected chi connectivity index (χ2v) is 3.62. The number of Topliss-reactive ketones (excluding diaryl/α,β-unsaturated/α-hetero) is 1. The molecule has 0 radical (unpaired) electrons. The Morgan fingerprint density at radius 2 is 2.00 bits per heavy atom. The van der Waals surface area contributed by atoms with Gasteiger partial charge in [0, 0.05) is 19.1 Å². The van der Waals surface area contributed by atoms with Crippen LogP contribution in [0.2, 0.25) is 0 Å². The molecule has 0 atom stereocenters. The Kier molecular flexibility index (Phi) is 4.30. The Morgan fingerprint density at radius 1 is 1.37 bits per heavy atom. The third-order valence-corrected chi connectivity index (χ3v) is 2.10. The van der Waals surface area contributed by atoms with E-state index in [0.717, 1.165) is 18.2 Å². The van der Waals surface area contributed by atoms with Gasteiger partial charge in [-0.3, -0.25) is 14.9 Å². The first-order valence-corrected chi connectivity index (χ1v) is 5.13. The minimum absolute atomic E-state index is 0.172. The molecule has 1 aromatic rings. The first kappa shape index (κ1) is 14.3. The number of phenols is 1. The number of nitro benzene ring substituents is 1. The number of azo groups is 1. The molecule has 0 saturated heterocycles. The Labute approximate surface area is 107 Å². The number of ketones is 1. The molecule has 0 unspecified atom stereocenters. The van der Waals surface area contributed by atoms with E-state index in [0.29, 0.717) is 0 Å². The maximum Gasteiger partial charge on any atom is 0.271 e. The van der Waals surface area contributed by atoms with Crippen molar-refractivity contribution in [3.63, 3.8) is 0 Å². The fourth-order valence-corrected chi connectivity index (χ4v) is 1.21. The number of hydrogen-bond donors (Lipinski definition) is 2. The number of aliphatic hydroxyl groups is 1. The molecule has 0 heterocycles. The van der Waals surface area contributed by atoms with Gasteiger partial charge in [-0.2, -0.15) is 0 Å². The molecule has 0 aliphatic heterocycles. The molecule has 0 saturated carbocycles. The van der Waals surface area contributed by atoms with E-state index in [2.05, 4.69) is 10.2 Å². The number of phenolic OH excluding ortho intramolecular Hbond substituents is 1. The number of rotatable bonds is 4. The van der Waals surface area contributed by atoms with Crippen molar-refractivity contribution in [2.75, 3.05) is 0 Å². The lowest BCUT2D eigenvalue weighted by atomic mass is 10.2. The molecule has 100 valence electrons. The molecule has 1 aromatic carbocycles. The zero-order chi connectivity index (χ0) is 14.6. The van der Waals surface area contributed by atoms with Gasteiger partial charge in [-0.05, 0) is 13.0 Å². The molecule has 0 amide bonds. The van der Waals surface area contributed by atoms with Gasteiger partial charge in [-0.15, -0.1) is 10.2 Å².